The van der Waals surface area contributed by atoms with Gasteiger partial charge >= 0.3 is 5.97 Å². The number of esters is 1. The van der Waals surface area contributed by atoms with Crippen LogP contribution in [0.1, 0.15) is 70.5 Å². The van der Waals surface area contributed by atoms with Crippen molar-refractivity contribution in [2.75, 3.05) is 0 Å². The van der Waals surface area contributed by atoms with Crippen LogP contribution in [-0.2, 0) is 19.1 Å². The smallest absolute Gasteiger partial charge is 0.309 e. The number of aryl methyl sites for hydroxylation is 1. The molecule has 0 radical (unpaired) electrons. The molecule has 33 heavy (non-hydrogen) atoms. The maximum atomic E-state index is 13.1. The van der Waals surface area contributed by atoms with E-state index in [-0.39, 0.29) is 30.3 Å². The van der Waals surface area contributed by atoms with Gasteiger partial charge in [-0.05, 0) is 37.8 Å². The van der Waals surface area contributed by atoms with Crippen molar-refractivity contribution < 1.29 is 29.3 Å². The van der Waals surface area contributed by atoms with E-state index in [4.69, 9.17) is 9.47 Å². The molecule has 0 saturated carbocycles. The monoisotopic (exact) mass is 479 g/mol. The van der Waals surface area contributed by atoms with Crippen LogP contribution in [0.25, 0.3) is 6.08 Å². The zero-order chi connectivity index (χ0) is 24.3. The fraction of sp³-hybridized carbons (Fsp3) is 0.720. The maximum Gasteiger partial charge on any atom is 0.309 e. The van der Waals surface area contributed by atoms with Gasteiger partial charge in [0.25, 0.3) is 0 Å². The Morgan fingerprint density at radius 2 is 1.91 bits per heavy atom. The van der Waals surface area contributed by atoms with Gasteiger partial charge in [-0.1, -0.05) is 34.1 Å². The van der Waals surface area contributed by atoms with Gasteiger partial charge in [0.05, 0.1) is 47.0 Å². The maximum absolute atomic E-state index is 13.1. The predicted octanol–water partition coefficient (Wildman–Crippen LogP) is 3.70. The van der Waals surface area contributed by atoms with Gasteiger partial charge in [-0.15, -0.1) is 11.3 Å². The molecule has 2 saturated heterocycles. The fourth-order valence-electron chi connectivity index (χ4n) is 4.54. The molecule has 184 valence electrons. The van der Waals surface area contributed by atoms with Crippen LogP contribution in [0.2, 0.25) is 0 Å². The van der Waals surface area contributed by atoms with Crippen LogP contribution in [0.3, 0.4) is 0 Å². The number of ether oxygens (including phenoxy) is 2. The van der Waals surface area contributed by atoms with Gasteiger partial charge in [-0.25, -0.2) is 4.98 Å². The van der Waals surface area contributed by atoms with E-state index >= 15 is 0 Å². The first-order valence-corrected chi connectivity index (χ1v) is 12.7. The Morgan fingerprint density at radius 1 is 1.18 bits per heavy atom. The second-order valence-corrected chi connectivity index (χ2v) is 11.2. The lowest BCUT2D eigenvalue weighted by molar-refractivity contribution is -0.154. The zero-order valence-corrected chi connectivity index (χ0v) is 21.0. The van der Waals surface area contributed by atoms with E-state index in [1.807, 2.05) is 31.4 Å². The van der Waals surface area contributed by atoms with Crippen LogP contribution in [0.15, 0.2) is 11.5 Å². The highest BCUT2D eigenvalue weighted by molar-refractivity contribution is 7.09. The average molecular weight is 480 g/mol. The number of carbonyl (C=O) groups is 2. The van der Waals surface area contributed by atoms with Gasteiger partial charge in [0, 0.05) is 17.7 Å². The molecule has 7 nitrogen and oxygen atoms in total. The second-order valence-electron chi connectivity index (χ2n) is 10.1. The lowest BCUT2D eigenvalue weighted by atomic mass is 9.73. The highest BCUT2D eigenvalue weighted by Crippen LogP contribution is 2.35. The van der Waals surface area contributed by atoms with Crippen LogP contribution < -0.4 is 0 Å². The summed E-state index contributed by atoms with van der Waals surface area (Å²) in [6.07, 6.45) is 4.02. The number of aliphatic hydroxyl groups excluding tert-OH is 2. The summed E-state index contributed by atoms with van der Waals surface area (Å²) < 4.78 is 11.5. The molecule has 0 unspecified atom stereocenters. The van der Waals surface area contributed by atoms with Crippen LogP contribution in [0, 0.1) is 24.2 Å². The standard InChI is InChI=1S/C25H37NO6S/c1-14-7-6-8-19-20(32-19)11-18(10-9-17-13-33-16(3)26-17)31-22(28)12-21(27)25(4,5)24(30)15(2)23(14)29/h9-10,13-15,18-21,23,27,29H,6-8,11-12H2,1-5H3/b10-9+/t14-,15-,18-,19-,20+,21+,23-/m1/s1. The minimum absolute atomic E-state index is 0.0135. The number of nitrogens with zero attached hydrogens (tertiary/aromatic N) is 1. The van der Waals surface area contributed by atoms with Gasteiger partial charge < -0.3 is 19.7 Å². The molecule has 2 N–H and O–H groups in total. The predicted molar refractivity (Wildman–Crippen MR) is 127 cm³/mol. The SMILES string of the molecule is Cc1nc(/C=C/[C@@H]2C[C@@H]3O[C@@H]3CCC[C@@H](C)[C@@H](O)[C@@H](C)C(=O)C(C)(C)[C@@H](O)CC(=O)O2)cs1. The molecular weight excluding hydrogens is 442 g/mol. The number of ketones is 1. The van der Waals surface area contributed by atoms with E-state index in [2.05, 4.69) is 4.98 Å². The quantitative estimate of drug-likeness (QED) is 0.492. The topological polar surface area (TPSA) is 109 Å². The molecule has 1 aromatic heterocycles. The third kappa shape index (κ3) is 6.72. The van der Waals surface area contributed by atoms with Gasteiger partial charge in [0.1, 0.15) is 11.9 Å². The Bertz CT molecular complexity index is 865. The summed E-state index contributed by atoms with van der Waals surface area (Å²) in [5.41, 5.74) is -0.382. The Hall–Kier alpha value is -1.61. The fourth-order valence-corrected chi connectivity index (χ4v) is 5.12. The van der Waals surface area contributed by atoms with E-state index in [1.54, 1.807) is 32.1 Å². The Balaban J connectivity index is 1.77. The number of fused-ring (bicyclic) bond motifs is 1. The number of epoxide rings is 1. The Morgan fingerprint density at radius 3 is 2.58 bits per heavy atom. The summed E-state index contributed by atoms with van der Waals surface area (Å²) in [6, 6.07) is 0. The molecule has 0 spiro atoms. The number of carbonyl (C=O) groups excluding carboxylic acids is 2. The molecule has 3 heterocycles. The summed E-state index contributed by atoms with van der Waals surface area (Å²) in [5.74, 6) is -1.52. The first-order chi connectivity index (χ1) is 15.5. The number of hydrogen-bond acceptors (Lipinski definition) is 8. The van der Waals surface area contributed by atoms with Crippen LogP contribution in [-0.4, -0.2) is 57.5 Å². The second kappa shape index (κ2) is 10.8. The van der Waals surface area contributed by atoms with E-state index < -0.39 is 35.6 Å². The summed E-state index contributed by atoms with van der Waals surface area (Å²) in [6.45, 7) is 8.82. The molecule has 2 aliphatic rings. The highest BCUT2D eigenvalue weighted by Gasteiger charge is 2.44. The van der Waals surface area contributed by atoms with Crippen molar-refractivity contribution in [2.45, 2.75) is 97.2 Å². The molecule has 1 aromatic rings. The summed E-state index contributed by atoms with van der Waals surface area (Å²) >= 11 is 1.55. The van der Waals surface area contributed by atoms with Crippen molar-refractivity contribution in [1.29, 1.82) is 0 Å². The summed E-state index contributed by atoms with van der Waals surface area (Å²) in [4.78, 5) is 30.2. The number of aliphatic hydroxyl groups is 2. The Labute approximate surface area is 200 Å². The van der Waals surface area contributed by atoms with Crippen molar-refractivity contribution in [3.05, 3.63) is 22.2 Å². The van der Waals surface area contributed by atoms with Crippen molar-refractivity contribution in [3.63, 3.8) is 0 Å². The van der Waals surface area contributed by atoms with Gasteiger partial charge in [0.15, 0.2) is 0 Å². The number of hydrogen-bond donors (Lipinski definition) is 2. The minimum atomic E-state index is -1.22. The van der Waals surface area contributed by atoms with Gasteiger partial charge in [0.2, 0.25) is 0 Å². The highest BCUT2D eigenvalue weighted by atomic mass is 32.1. The van der Waals surface area contributed by atoms with Crippen molar-refractivity contribution >= 4 is 29.2 Å². The first-order valence-electron chi connectivity index (χ1n) is 11.8. The molecule has 0 amide bonds. The number of Topliss-reactive ketones (excluding diaryl/α,β-unsaturated/α-hetero) is 1. The molecule has 0 bridgehead atoms. The normalized spacial score (nSPS) is 36.4. The van der Waals surface area contributed by atoms with Crippen LogP contribution in [0.4, 0.5) is 0 Å². The van der Waals surface area contributed by atoms with E-state index in [0.29, 0.717) is 6.42 Å². The molecular formula is C25H37NO6S. The molecule has 3 rings (SSSR count). The van der Waals surface area contributed by atoms with E-state index in [9.17, 15) is 19.8 Å². The molecule has 0 aliphatic carbocycles. The van der Waals surface area contributed by atoms with Crippen molar-refractivity contribution in [3.8, 4) is 0 Å². The lowest BCUT2D eigenvalue weighted by Gasteiger charge is -2.34. The molecule has 2 fully saturated rings. The number of rotatable bonds is 2. The first kappa shape index (κ1) is 26.0. The lowest BCUT2D eigenvalue weighted by Crippen LogP contribution is -2.45. The van der Waals surface area contributed by atoms with Crippen LogP contribution in [0.5, 0.6) is 0 Å². The summed E-state index contributed by atoms with van der Waals surface area (Å²) in [5, 5.41) is 24.4. The minimum Gasteiger partial charge on any atom is -0.458 e. The van der Waals surface area contributed by atoms with Crippen molar-refractivity contribution in [2.24, 2.45) is 17.3 Å². The average Bonchev–Trinajstić information content (AvgIpc) is 3.35. The third-order valence-electron chi connectivity index (χ3n) is 7.04. The van der Waals surface area contributed by atoms with E-state index in [0.717, 1.165) is 30.0 Å². The van der Waals surface area contributed by atoms with Gasteiger partial charge in [-0.2, -0.15) is 0 Å². The van der Waals surface area contributed by atoms with Crippen molar-refractivity contribution in [1.82, 2.24) is 4.98 Å². The molecule has 8 heteroatoms. The molecule has 7 atom stereocenters. The molecule has 0 aromatic carbocycles. The van der Waals surface area contributed by atoms with Crippen LogP contribution >= 0.6 is 11.3 Å². The Kier molecular flexibility index (Phi) is 8.48. The number of aromatic nitrogens is 1. The van der Waals surface area contributed by atoms with E-state index in [1.165, 1.54) is 0 Å². The zero-order valence-electron chi connectivity index (χ0n) is 20.2. The number of thiazole rings is 1. The summed E-state index contributed by atoms with van der Waals surface area (Å²) in [7, 11) is 0. The van der Waals surface area contributed by atoms with Gasteiger partial charge in [-0.3, -0.25) is 9.59 Å². The molecule has 2 aliphatic heterocycles. The number of cyclic esters (lactones) is 1. The third-order valence-corrected chi connectivity index (χ3v) is 7.83. The largest absolute Gasteiger partial charge is 0.458 e.